The fraction of sp³-hybridized carbons (Fsp3) is 0.200. The summed E-state index contributed by atoms with van der Waals surface area (Å²) in [5.41, 5.74) is 9.16. The number of fused-ring (bicyclic) bond motifs is 1. The SMILES string of the molecule is CCN(Cc1ccncc1)c1nc2cc(N)ccc2o1. The molecule has 0 fully saturated rings. The van der Waals surface area contributed by atoms with Crippen molar-refractivity contribution in [2.24, 2.45) is 0 Å². The number of nitrogens with two attached hydrogens (primary N) is 1. The van der Waals surface area contributed by atoms with Gasteiger partial charge in [0.2, 0.25) is 0 Å². The minimum absolute atomic E-state index is 0.616. The van der Waals surface area contributed by atoms with Crippen molar-refractivity contribution in [2.45, 2.75) is 13.5 Å². The van der Waals surface area contributed by atoms with Crippen LogP contribution in [-0.4, -0.2) is 16.5 Å². The highest BCUT2D eigenvalue weighted by Gasteiger charge is 2.13. The van der Waals surface area contributed by atoms with Crippen LogP contribution in [0.3, 0.4) is 0 Å². The second-order valence-electron chi connectivity index (χ2n) is 4.59. The van der Waals surface area contributed by atoms with E-state index in [1.807, 2.05) is 30.3 Å². The topological polar surface area (TPSA) is 68.2 Å². The van der Waals surface area contributed by atoms with E-state index in [0.29, 0.717) is 11.7 Å². The van der Waals surface area contributed by atoms with Crippen molar-refractivity contribution in [1.82, 2.24) is 9.97 Å². The highest BCUT2D eigenvalue weighted by Crippen LogP contribution is 2.24. The molecule has 3 aromatic rings. The van der Waals surface area contributed by atoms with Gasteiger partial charge in [0, 0.05) is 31.2 Å². The Morgan fingerprint density at radius 2 is 2.00 bits per heavy atom. The normalized spacial score (nSPS) is 10.8. The van der Waals surface area contributed by atoms with Crippen LogP contribution in [0.2, 0.25) is 0 Å². The lowest BCUT2D eigenvalue weighted by molar-refractivity contribution is 0.569. The highest BCUT2D eigenvalue weighted by atomic mass is 16.4. The maximum Gasteiger partial charge on any atom is 0.298 e. The van der Waals surface area contributed by atoms with Crippen LogP contribution in [0.4, 0.5) is 11.7 Å². The number of nitrogens with zero attached hydrogens (tertiary/aromatic N) is 3. The predicted octanol–water partition coefficient (Wildman–Crippen LogP) is 2.83. The molecule has 2 heterocycles. The molecular weight excluding hydrogens is 252 g/mol. The molecule has 0 unspecified atom stereocenters. The summed E-state index contributed by atoms with van der Waals surface area (Å²) in [6.45, 7) is 3.62. The molecule has 0 saturated heterocycles. The summed E-state index contributed by atoms with van der Waals surface area (Å²) >= 11 is 0. The first-order valence-electron chi connectivity index (χ1n) is 6.56. The molecule has 0 amide bonds. The van der Waals surface area contributed by atoms with Crippen LogP contribution in [0.25, 0.3) is 11.1 Å². The van der Waals surface area contributed by atoms with Gasteiger partial charge in [0.15, 0.2) is 5.58 Å². The van der Waals surface area contributed by atoms with E-state index >= 15 is 0 Å². The Hall–Kier alpha value is -2.56. The summed E-state index contributed by atoms with van der Waals surface area (Å²) in [7, 11) is 0. The molecule has 5 heteroatoms. The van der Waals surface area contributed by atoms with E-state index in [2.05, 4.69) is 21.8 Å². The van der Waals surface area contributed by atoms with Crippen molar-refractivity contribution in [3.63, 3.8) is 0 Å². The van der Waals surface area contributed by atoms with E-state index in [1.165, 1.54) is 5.56 Å². The molecule has 0 saturated carbocycles. The van der Waals surface area contributed by atoms with E-state index in [4.69, 9.17) is 10.2 Å². The van der Waals surface area contributed by atoms with E-state index < -0.39 is 0 Å². The molecule has 2 N–H and O–H groups in total. The molecule has 0 aliphatic carbocycles. The predicted molar refractivity (Wildman–Crippen MR) is 79.4 cm³/mol. The molecule has 0 spiro atoms. The molecule has 102 valence electrons. The van der Waals surface area contributed by atoms with Crippen LogP contribution in [0.1, 0.15) is 12.5 Å². The first-order chi connectivity index (χ1) is 9.76. The average Bonchev–Trinajstić information content (AvgIpc) is 2.88. The van der Waals surface area contributed by atoms with Crippen LogP contribution >= 0.6 is 0 Å². The number of nitrogen functional groups attached to an aromatic ring is 1. The number of benzene rings is 1. The summed E-state index contributed by atoms with van der Waals surface area (Å²) < 4.78 is 5.79. The van der Waals surface area contributed by atoms with Gasteiger partial charge in [-0.25, -0.2) is 0 Å². The lowest BCUT2D eigenvalue weighted by Gasteiger charge is -2.18. The van der Waals surface area contributed by atoms with Gasteiger partial charge in [-0.1, -0.05) is 0 Å². The first kappa shape index (κ1) is 12.5. The third-order valence-electron chi connectivity index (χ3n) is 3.18. The maximum absolute atomic E-state index is 5.79. The second kappa shape index (κ2) is 5.21. The lowest BCUT2D eigenvalue weighted by Crippen LogP contribution is -2.22. The molecule has 0 bridgehead atoms. The van der Waals surface area contributed by atoms with Crippen molar-refractivity contribution in [3.8, 4) is 0 Å². The standard InChI is InChI=1S/C15H16N4O/c1-2-19(10-11-5-7-17-8-6-11)15-18-13-9-12(16)3-4-14(13)20-15/h3-9H,2,10,16H2,1H3. The number of pyridine rings is 1. The van der Waals surface area contributed by atoms with Gasteiger partial charge in [-0.15, -0.1) is 0 Å². The Balaban J connectivity index is 1.91. The zero-order chi connectivity index (χ0) is 13.9. The monoisotopic (exact) mass is 268 g/mol. The lowest BCUT2D eigenvalue weighted by atomic mass is 10.2. The highest BCUT2D eigenvalue weighted by molar-refractivity contribution is 5.78. The van der Waals surface area contributed by atoms with Crippen LogP contribution in [0, 0.1) is 0 Å². The van der Waals surface area contributed by atoms with E-state index in [9.17, 15) is 0 Å². The zero-order valence-corrected chi connectivity index (χ0v) is 11.3. The van der Waals surface area contributed by atoms with E-state index in [1.54, 1.807) is 12.4 Å². The Morgan fingerprint density at radius 3 is 2.75 bits per heavy atom. The van der Waals surface area contributed by atoms with Crippen molar-refractivity contribution in [1.29, 1.82) is 0 Å². The minimum Gasteiger partial charge on any atom is -0.423 e. The molecule has 2 aromatic heterocycles. The van der Waals surface area contributed by atoms with Gasteiger partial charge in [-0.2, -0.15) is 4.98 Å². The first-order valence-corrected chi connectivity index (χ1v) is 6.56. The second-order valence-corrected chi connectivity index (χ2v) is 4.59. The van der Waals surface area contributed by atoms with Gasteiger partial charge in [-0.05, 0) is 42.8 Å². The summed E-state index contributed by atoms with van der Waals surface area (Å²) in [5, 5.41) is 0. The molecule has 0 radical (unpaired) electrons. The number of hydrogen-bond donors (Lipinski definition) is 1. The van der Waals surface area contributed by atoms with Gasteiger partial charge < -0.3 is 15.1 Å². The van der Waals surface area contributed by atoms with Crippen molar-refractivity contribution in [3.05, 3.63) is 48.3 Å². The summed E-state index contributed by atoms with van der Waals surface area (Å²) in [6, 6.07) is 10.1. The minimum atomic E-state index is 0.616. The number of rotatable bonds is 4. The van der Waals surface area contributed by atoms with Crippen molar-refractivity contribution >= 4 is 22.8 Å². The van der Waals surface area contributed by atoms with Crippen LogP contribution < -0.4 is 10.6 Å². The van der Waals surface area contributed by atoms with Crippen LogP contribution in [-0.2, 0) is 6.54 Å². The van der Waals surface area contributed by atoms with Gasteiger partial charge in [0.1, 0.15) is 5.52 Å². The number of oxazole rings is 1. The summed E-state index contributed by atoms with van der Waals surface area (Å²) in [5.74, 6) is 0. The van der Waals surface area contributed by atoms with Crippen LogP contribution in [0.5, 0.6) is 0 Å². The van der Waals surface area contributed by atoms with Gasteiger partial charge in [0.05, 0.1) is 0 Å². The average molecular weight is 268 g/mol. The molecule has 20 heavy (non-hydrogen) atoms. The van der Waals surface area contributed by atoms with E-state index in [0.717, 1.165) is 24.2 Å². The molecule has 1 aromatic carbocycles. The van der Waals surface area contributed by atoms with Crippen molar-refractivity contribution < 1.29 is 4.42 Å². The fourth-order valence-electron chi connectivity index (χ4n) is 2.09. The number of hydrogen-bond acceptors (Lipinski definition) is 5. The Kier molecular flexibility index (Phi) is 3.25. The van der Waals surface area contributed by atoms with E-state index in [-0.39, 0.29) is 0 Å². The maximum atomic E-state index is 5.79. The number of aromatic nitrogens is 2. The van der Waals surface area contributed by atoms with Crippen LogP contribution in [0.15, 0.2) is 47.1 Å². The fourth-order valence-corrected chi connectivity index (χ4v) is 2.09. The Morgan fingerprint density at radius 1 is 1.20 bits per heavy atom. The summed E-state index contributed by atoms with van der Waals surface area (Å²) in [6.07, 6.45) is 3.58. The molecule has 5 nitrogen and oxygen atoms in total. The quantitative estimate of drug-likeness (QED) is 0.737. The molecule has 0 aliphatic rings. The zero-order valence-electron chi connectivity index (χ0n) is 11.3. The van der Waals surface area contributed by atoms with Gasteiger partial charge in [0.25, 0.3) is 6.01 Å². The smallest absolute Gasteiger partial charge is 0.298 e. The van der Waals surface area contributed by atoms with Crippen molar-refractivity contribution in [2.75, 3.05) is 17.2 Å². The largest absolute Gasteiger partial charge is 0.423 e. The Bertz CT molecular complexity index is 708. The Labute approximate surface area is 117 Å². The van der Waals surface area contributed by atoms with Gasteiger partial charge in [-0.3, -0.25) is 4.98 Å². The van der Waals surface area contributed by atoms with Gasteiger partial charge >= 0.3 is 0 Å². The molecule has 0 atom stereocenters. The number of anilines is 2. The molecule has 0 aliphatic heterocycles. The molecular formula is C15H16N4O. The third-order valence-corrected chi connectivity index (χ3v) is 3.18. The third kappa shape index (κ3) is 2.42. The summed E-state index contributed by atoms with van der Waals surface area (Å²) in [4.78, 5) is 10.6. The molecule has 3 rings (SSSR count).